The third-order valence-corrected chi connectivity index (χ3v) is 9.43. The Morgan fingerprint density at radius 3 is 2.06 bits per heavy atom. The van der Waals surface area contributed by atoms with Crippen molar-refractivity contribution in [2.45, 2.75) is 71.4 Å². The quantitative estimate of drug-likeness (QED) is 0.211. The molecule has 3 saturated heterocycles. The highest BCUT2D eigenvalue weighted by Crippen LogP contribution is 2.33. The lowest BCUT2D eigenvalue weighted by molar-refractivity contribution is -0.221. The van der Waals surface area contributed by atoms with Gasteiger partial charge in [0.15, 0.2) is 12.4 Å². The lowest BCUT2D eigenvalue weighted by Crippen LogP contribution is -2.50. The van der Waals surface area contributed by atoms with Gasteiger partial charge >= 0.3 is 12.2 Å². The summed E-state index contributed by atoms with van der Waals surface area (Å²) in [5.74, 6) is 0.418. The van der Waals surface area contributed by atoms with E-state index in [1.807, 2.05) is 86.6 Å². The Hall–Kier alpha value is -4.61. The zero-order valence-electron chi connectivity index (χ0n) is 30.5. The second kappa shape index (κ2) is 16.2. The van der Waals surface area contributed by atoms with E-state index in [0.29, 0.717) is 58.4 Å². The second-order valence-corrected chi connectivity index (χ2v) is 14.0. The van der Waals surface area contributed by atoms with Gasteiger partial charge in [-0.1, -0.05) is 68.4 Å². The number of aromatic nitrogens is 2. The predicted molar refractivity (Wildman–Crippen MR) is 197 cm³/mol. The van der Waals surface area contributed by atoms with Gasteiger partial charge in [0, 0.05) is 62.8 Å². The zero-order valence-corrected chi connectivity index (χ0v) is 30.5. The van der Waals surface area contributed by atoms with Crippen LogP contribution in [0.3, 0.4) is 0 Å². The number of amides is 2. The van der Waals surface area contributed by atoms with Gasteiger partial charge in [0.1, 0.15) is 5.60 Å². The molecular formula is C40H51N5O6. The SMILES string of the molecule is CC.CC(C)(C)OC(=O)N1CCC(c2ccc(-c3cc4c(N5CCN(C(=O)OC6COC(c7ccccc7)OC6)CC5)ccnn4c3)cc2)CC1. The van der Waals surface area contributed by atoms with Gasteiger partial charge in [0.2, 0.25) is 0 Å². The average molecular weight is 698 g/mol. The van der Waals surface area contributed by atoms with Crippen LogP contribution in [0, 0.1) is 0 Å². The number of hydrogen-bond acceptors (Lipinski definition) is 8. The van der Waals surface area contributed by atoms with Crippen LogP contribution in [0.25, 0.3) is 16.6 Å². The molecule has 0 radical (unpaired) electrons. The summed E-state index contributed by atoms with van der Waals surface area (Å²) in [5.41, 5.74) is 6.10. The van der Waals surface area contributed by atoms with Crippen molar-refractivity contribution in [3.05, 3.63) is 90.3 Å². The summed E-state index contributed by atoms with van der Waals surface area (Å²) in [5, 5.41) is 4.59. The molecule has 0 aliphatic carbocycles. The molecular weight excluding hydrogens is 646 g/mol. The number of fused-ring (bicyclic) bond motifs is 1. The van der Waals surface area contributed by atoms with Crippen molar-refractivity contribution in [1.29, 1.82) is 0 Å². The lowest BCUT2D eigenvalue weighted by Gasteiger charge is -2.37. The van der Waals surface area contributed by atoms with E-state index < -0.39 is 18.0 Å². The van der Waals surface area contributed by atoms with Gasteiger partial charge in [-0.2, -0.15) is 5.10 Å². The summed E-state index contributed by atoms with van der Waals surface area (Å²) >= 11 is 0. The first-order valence-corrected chi connectivity index (χ1v) is 18.2. The van der Waals surface area contributed by atoms with Crippen LogP contribution in [0.1, 0.15) is 70.8 Å². The fourth-order valence-electron chi connectivity index (χ4n) is 6.80. The number of anilines is 1. The van der Waals surface area contributed by atoms with Gasteiger partial charge in [-0.25, -0.2) is 14.1 Å². The highest BCUT2D eigenvalue weighted by Gasteiger charge is 2.30. The van der Waals surface area contributed by atoms with E-state index in [-0.39, 0.29) is 12.2 Å². The fourth-order valence-corrected chi connectivity index (χ4v) is 6.80. The third-order valence-electron chi connectivity index (χ3n) is 9.43. The number of carbonyl (C=O) groups is 2. The number of hydrogen-bond donors (Lipinski definition) is 0. The molecule has 3 fully saturated rings. The van der Waals surface area contributed by atoms with Crippen LogP contribution in [-0.4, -0.2) is 95.8 Å². The van der Waals surface area contributed by atoms with Crippen molar-refractivity contribution in [3.63, 3.8) is 0 Å². The monoisotopic (exact) mass is 697 g/mol. The van der Waals surface area contributed by atoms with Crippen LogP contribution < -0.4 is 4.90 Å². The minimum absolute atomic E-state index is 0.224. The maximum Gasteiger partial charge on any atom is 0.410 e. The zero-order chi connectivity index (χ0) is 36.0. The van der Waals surface area contributed by atoms with Crippen LogP contribution in [0.2, 0.25) is 0 Å². The highest BCUT2D eigenvalue weighted by molar-refractivity contribution is 5.80. The molecule has 3 aliphatic heterocycles. The van der Waals surface area contributed by atoms with E-state index >= 15 is 0 Å². The van der Waals surface area contributed by atoms with E-state index in [2.05, 4.69) is 46.5 Å². The number of ether oxygens (including phenoxy) is 4. The molecule has 0 atom stereocenters. The molecule has 51 heavy (non-hydrogen) atoms. The van der Waals surface area contributed by atoms with Crippen molar-refractivity contribution in [1.82, 2.24) is 19.4 Å². The normalized spacial score (nSPS) is 20.1. The van der Waals surface area contributed by atoms with Gasteiger partial charge in [-0.05, 0) is 62.8 Å². The Labute approximate surface area is 301 Å². The second-order valence-electron chi connectivity index (χ2n) is 14.0. The molecule has 11 heteroatoms. The number of carbonyl (C=O) groups excluding carboxylic acids is 2. The predicted octanol–water partition coefficient (Wildman–Crippen LogP) is 7.51. The van der Waals surface area contributed by atoms with Crippen LogP contribution in [0.15, 0.2) is 79.1 Å². The molecule has 2 amide bonds. The topological polar surface area (TPSA) is 98.1 Å². The van der Waals surface area contributed by atoms with Crippen molar-refractivity contribution >= 4 is 23.4 Å². The molecule has 11 nitrogen and oxygen atoms in total. The largest absolute Gasteiger partial charge is 0.444 e. The Bertz CT molecular complexity index is 1730. The number of benzene rings is 2. The maximum atomic E-state index is 13.0. The molecule has 0 bridgehead atoms. The Balaban J connectivity index is 0.00000220. The molecule has 5 heterocycles. The van der Waals surface area contributed by atoms with Crippen molar-refractivity contribution in [2.24, 2.45) is 0 Å². The summed E-state index contributed by atoms with van der Waals surface area (Å²) in [6.45, 7) is 14.2. The average Bonchev–Trinajstić information content (AvgIpc) is 3.61. The summed E-state index contributed by atoms with van der Waals surface area (Å²) in [7, 11) is 0. The number of rotatable bonds is 5. The number of piperidine rings is 1. The Morgan fingerprint density at radius 1 is 0.765 bits per heavy atom. The first kappa shape index (κ1) is 36.2. The number of piperazine rings is 1. The van der Waals surface area contributed by atoms with Gasteiger partial charge in [0.25, 0.3) is 0 Å². The van der Waals surface area contributed by atoms with Crippen LogP contribution in [0.4, 0.5) is 15.3 Å². The summed E-state index contributed by atoms with van der Waals surface area (Å²) in [6.07, 6.45) is 4.30. The molecule has 7 rings (SSSR count). The number of nitrogens with zero attached hydrogens (tertiary/aromatic N) is 5. The Morgan fingerprint density at radius 2 is 1.41 bits per heavy atom. The molecule has 4 aromatic rings. The minimum atomic E-state index is -0.482. The van der Waals surface area contributed by atoms with E-state index in [9.17, 15) is 9.59 Å². The van der Waals surface area contributed by atoms with Gasteiger partial charge in [0.05, 0.1) is 24.4 Å². The maximum absolute atomic E-state index is 13.0. The van der Waals surface area contributed by atoms with E-state index in [4.69, 9.17) is 18.9 Å². The van der Waals surface area contributed by atoms with E-state index in [1.165, 1.54) is 5.56 Å². The molecule has 3 aliphatic rings. The standard InChI is InChI=1S/C38H45N5O6.C2H6/c1-38(2,3)49-37(45)41-17-14-29(15-18-41)27-9-11-28(12-10-27)31-23-34-33(13-16-39-43(34)24-31)40-19-21-42(22-20-40)36(44)48-32-25-46-35(47-26-32)30-7-5-4-6-8-30;1-2/h4-13,16,23-24,29,32,35H,14-15,17-22,25-26H2,1-3H3;1-2H3. The summed E-state index contributed by atoms with van der Waals surface area (Å²) in [4.78, 5) is 31.3. The highest BCUT2D eigenvalue weighted by atomic mass is 16.7. The van der Waals surface area contributed by atoms with Crippen LogP contribution >= 0.6 is 0 Å². The van der Waals surface area contributed by atoms with Gasteiger partial charge in [-0.3, -0.25) is 0 Å². The van der Waals surface area contributed by atoms with Gasteiger partial charge in [-0.15, -0.1) is 0 Å². The number of likely N-dealkylation sites (tertiary alicyclic amines) is 1. The van der Waals surface area contributed by atoms with Gasteiger partial charge < -0.3 is 33.6 Å². The first-order chi connectivity index (χ1) is 24.7. The summed E-state index contributed by atoms with van der Waals surface area (Å²) in [6, 6.07) is 22.8. The molecule has 272 valence electrons. The van der Waals surface area contributed by atoms with Crippen LogP contribution in [0.5, 0.6) is 0 Å². The van der Waals surface area contributed by atoms with Crippen molar-refractivity contribution in [2.75, 3.05) is 57.4 Å². The molecule has 2 aromatic heterocycles. The lowest BCUT2D eigenvalue weighted by atomic mass is 9.89. The smallest absolute Gasteiger partial charge is 0.410 e. The molecule has 0 spiro atoms. The molecule has 0 N–H and O–H groups in total. The van der Waals surface area contributed by atoms with Crippen molar-refractivity contribution < 1.29 is 28.5 Å². The molecule has 0 saturated carbocycles. The fraction of sp³-hybridized carbons (Fsp3) is 0.475. The molecule has 0 unspecified atom stereocenters. The van der Waals surface area contributed by atoms with Crippen molar-refractivity contribution in [3.8, 4) is 11.1 Å². The summed E-state index contributed by atoms with van der Waals surface area (Å²) < 4.78 is 24.9. The first-order valence-electron chi connectivity index (χ1n) is 18.2. The van der Waals surface area contributed by atoms with Crippen LogP contribution in [-0.2, 0) is 18.9 Å². The molecule has 2 aromatic carbocycles. The minimum Gasteiger partial charge on any atom is -0.444 e. The van der Waals surface area contributed by atoms with E-state index in [1.54, 1.807) is 4.90 Å². The third kappa shape index (κ3) is 8.83. The van der Waals surface area contributed by atoms with E-state index in [0.717, 1.165) is 40.7 Å². The Kier molecular flexibility index (Phi) is 11.5.